The van der Waals surface area contributed by atoms with Crippen molar-refractivity contribution in [3.05, 3.63) is 40.7 Å². The summed E-state index contributed by atoms with van der Waals surface area (Å²) in [6.45, 7) is 0.0772. The van der Waals surface area contributed by atoms with Crippen molar-refractivity contribution in [3.63, 3.8) is 0 Å². The summed E-state index contributed by atoms with van der Waals surface area (Å²) >= 11 is 5.89. The van der Waals surface area contributed by atoms with Gasteiger partial charge in [0.1, 0.15) is 5.82 Å². The molecule has 0 spiro atoms. The van der Waals surface area contributed by atoms with Gasteiger partial charge in [-0.25, -0.2) is 4.39 Å². The minimum Gasteiger partial charge on any atom is -0.396 e. The summed E-state index contributed by atoms with van der Waals surface area (Å²) in [7, 11) is 0. The molecule has 1 aromatic carbocycles. The van der Waals surface area contributed by atoms with Gasteiger partial charge < -0.3 is 10.4 Å². The van der Waals surface area contributed by atoms with Crippen LogP contribution in [0.15, 0.2) is 24.3 Å². The summed E-state index contributed by atoms with van der Waals surface area (Å²) in [5.41, 5.74) is 0.205. The fourth-order valence-corrected chi connectivity index (χ4v) is 2.90. The van der Waals surface area contributed by atoms with Crippen LogP contribution in [0.5, 0.6) is 0 Å². The largest absolute Gasteiger partial charge is 0.396 e. The van der Waals surface area contributed by atoms with Gasteiger partial charge in [0.25, 0.3) is 0 Å². The second-order valence-corrected chi connectivity index (χ2v) is 5.72. The molecule has 0 aromatic heterocycles. The van der Waals surface area contributed by atoms with Crippen molar-refractivity contribution in [2.24, 2.45) is 5.92 Å². The fourth-order valence-electron chi connectivity index (χ4n) is 2.68. The average molecular weight is 312 g/mol. The highest BCUT2D eigenvalue weighted by Crippen LogP contribution is 2.24. The number of rotatable bonds is 4. The molecular formula is C16H19ClFNO2. The maximum atomic E-state index is 13.6. The van der Waals surface area contributed by atoms with E-state index in [-0.39, 0.29) is 35.1 Å². The molecule has 1 aromatic rings. The summed E-state index contributed by atoms with van der Waals surface area (Å²) in [6, 6.07) is 4.37. The topological polar surface area (TPSA) is 49.3 Å². The summed E-state index contributed by atoms with van der Waals surface area (Å²) in [4.78, 5) is 11.9. The number of halogens is 2. The van der Waals surface area contributed by atoms with E-state index in [2.05, 4.69) is 5.32 Å². The van der Waals surface area contributed by atoms with E-state index in [0.717, 1.165) is 25.7 Å². The van der Waals surface area contributed by atoms with Gasteiger partial charge in [-0.3, -0.25) is 4.79 Å². The molecule has 1 aliphatic rings. The van der Waals surface area contributed by atoms with Crippen LogP contribution < -0.4 is 5.32 Å². The predicted octanol–water partition coefficient (Wildman–Crippen LogP) is 3.16. The van der Waals surface area contributed by atoms with Crippen LogP contribution >= 0.6 is 11.6 Å². The van der Waals surface area contributed by atoms with Gasteiger partial charge in [-0.15, -0.1) is 0 Å². The Kier molecular flexibility index (Phi) is 5.76. The Hall–Kier alpha value is -1.39. The molecule has 1 aliphatic carbocycles. The Morgan fingerprint density at radius 2 is 2.19 bits per heavy atom. The molecule has 21 heavy (non-hydrogen) atoms. The lowest BCUT2D eigenvalue weighted by molar-refractivity contribution is -0.117. The van der Waals surface area contributed by atoms with Gasteiger partial charge in [-0.05, 0) is 31.1 Å². The van der Waals surface area contributed by atoms with E-state index in [1.165, 1.54) is 24.3 Å². The van der Waals surface area contributed by atoms with E-state index in [4.69, 9.17) is 11.6 Å². The van der Waals surface area contributed by atoms with Gasteiger partial charge in [-0.1, -0.05) is 30.5 Å². The van der Waals surface area contributed by atoms with Crippen molar-refractivity contribution in [3.8, 4) is 0 Å². The van der Waals surface area contributed by atoms with Crippen LogP contribution in [0.2, 0.25) is 5.02 Å². The molecule has 2 rings (SSSR count). The van der Waals surface area contributed by atoms with Crippen molar-refractivity contribution in [1.82, 2.24) is 5.32 Å². The average Bonchev–Trinajstić information content (AvgIpc) is 2.47. The maximum absolute atomic E-state index is 13.6. The zero-order valence-corrected chi connectivity index (χ0v) is 12.4. The van der Waals surface area contributed by atoms with Crippen LogP contribution in [0.25, 0.3) is 6.08 Å². The number of nitrogens with one attached hydrogen (secondary N) is 1. The molecule has 0 radical (unpaired) electrons. The highest BCUT2D eigenvalue weighted by molar-refractivity contribution is 6.32. The summed E-state index contributed by atoms with van der Waals surface area (Å²) in [6.07, 6.45) is 6.58. The first-order chi connectivity index (χ1) is 10.1. The van der Waals surface area contributed by atoms with Crippen LogP contribution in [0, 0.1) is 11.7 Å². The summed E-state index contributed by atoms with van der Waals surface area (Å²) < 4.78 is 13.6. The van der Waals surface area contributed by atoms with Crippen molar-refractivity contribution in [2.75, 3.05) is 6.61 Å². The molecule has 2 N–H and O–H groups in total. The third-order valence-electron chi connectivity index (χ3n) is 3.87. The first-order valence-corrected chi connectivity index (χ1v) is 7.53. The Bertz CT molecular complexity index is 513. The van der Waals surface area contributed by atoms with Gasteiger partial charge in [-0.2, -0.15) is 0 Å². The Balaban J connectivity index is 1.99. The normalized spacial score (nSPS) is 22.4. The molecule has 0 bridgehead atoms. The minimum absolute atomic E-state index is 0.0167. The molecule has 1 amide bonds. The zero-order valence-electron chi connectivity index (χ0n) is 11.7. The number of carbonyl (C=O) groups is 1. The zero-order chi connectivity index (χ0) is 15.2. The van der Waals surface area contributed by atoms with Gasteiger partial charge in [0.15, 0.2) is 0 Å². The number of amides is 1. The van der Waals surface area contributed by atoms with Crippen LogP contribution in [-0.2, 0) is 4.79 Å². The van der Waals surface area contributed by atoms with E-state index in [0.29, 0.717) is 0 Å². The quantitative estimate of drug-likeness (QED) is 0.839. The third-order valence-corrected chi connectivity index (χ3v) is 4.20. The first kappa shape index (κ1) is 16.0. The molecule has 0 aliphatic heterocycles. The van der Waals surface area contributed by atoms with Crippen LogP contribution in [0.4, 0.5) is 4.39 Å². The van der Waals surface area contributed by atoms with E-state index >= 15 is 0 Å². The van der Waals surface area contributed by atoms with Crippen LogP contribution in [0.3, 0.4) is 0 Å². The Morgan fingerprint density at radius 3 is 2.90 bits per heavy atom. The number of aliphatic hydroxyl groups excluding tert-OH is 1. The van der Waals surface area contributed by atoms with Gasteiger partial charge in [0, 0.05) is 30.2 Å². The molecule has 2 atom stereocenters. The van der Waals surface area contributed by atoms with Crippen molar-refractivity contribution >= 4 is 23.6 Å². The van der Waals surface area contributed by atoms with Crippen LogP contribution in [0.1, 0.15) is 31.2 Å². The SMILES string of the molecule is O=C(/C=C/c1c(F)cccc1Cl)NC1CCCCC1CO. The monoisotopic (exact) mass is 311 g/mol. The first-order valence-electron chi connectivity index (χ1n) is 7.15. The molecule has 1 saturated carbocycles. The van der Waals surface area contributed by atoms with E-state index in [1.54, 1.807) is 6.07 Å². The fraction of sp³-hybridized carbons (Fsp3) is 0.438. The summed E-state index contributed by atoms with van der Waals surface area (Å²) in [5, 5.41) is 12.5. The predicted molar refractivity (Wildman–Crippen MR) is 81.4 cm³/mol. The molecule has 1 fully saturated rings. The molecule has 114 valence electrons. The van der Waals surface area contributed by atoms with Crippen LogP contribution in [-0.4, -0.2) is 23.7 Å². The van der Waals surface area contributed by atoms with Crippen molar-refractivity contribution in [1.29, 1.82) is 0 Å². The number of carbonyl (C=O) groups excluding carboxylic acids is 1. The van der Waals surface area contributed by atoms with E-state index < -0.39 is 5.82 Å². The third kappa shape index (κ3) is 4.29. The number of hydrogen-bond acceptors (Lipinski definition) is 2. The van der Waals surface area contributed by atoms with Crippen molar-refractivity contribution in [2.45, 2.75) is 31.7 Å². The lowest BCUT2D eigenvalue weighted by atomic mass is 9.85. The van der Waals surface area contributed by atoms with Gasteiger partial charge in [0.2, 0.25) is 5.91 Å². The minimum atomic E-state index is -0.461. The number of hydrogen-bond donors (Lipinski definition) is 2. The van der Waals surface area contributed by atoms with E-state index in [1.807, 2.05) is 0 Å². The molecular weight excluding hydrogens is 293 g/mol. The molecule has 0 saturated heterocycles. The van der Waals surface area contributed by atoms with E-state index in [9.17, 15) is 14.3 Å². The lowest BCUT2D eigenvalue weighted by Crippen LogP contribution is -2.42. The highest BCUT2D eigenvalue weighted by Gasteiger charge is 2.25. The van der Waals surface area contributed by atoms with Gasteiger partial charge in [0.05, 0.1) is 5.02 Å². The van der Waals surface area contributed by atoms with Gasteiger partial charge >= 0.3 is 0 Å². The smallest absolute Gasteiger partial charge is 0.244 e. The highest BCUT2D eigenvalue weighted by atomic mass is 35.5. The molecule has 2 unspecified atom stereocenters. The molecule has 0 heterocycles. The maximum Gasteiger partial charge on any atom is 0.244 e. The Morgan fingerprint density at radius 1 is 1.43 bits per heavy atom. The summed E-state index contributed by atoms with van der Waals surface area (Å²) in [5.74, 6) is -0.648. The second kappa shape index (κ2) is 7.57. The van der Waals surface area contributed by atoms with Crippen molar-refractivity contribution < 1.29 is 14.3 Å². The standard InChI is InChI=1S/C16H19ClFNO2/c17-13-5-3-6-14(18)12(13)8-9-16(21)19-15-7-2-1-4-11(15)10-20/h3,5-6,8-9,11,15,20H,1-2,4,7,10H2,(H,19,21)/b9-8+. The number of benzene rings is 1. The Labute approximate surface area is 128 Å². The molecule has 5 heteroatoms. The number of aliphatic hydroxyl groups is 1. The lowest BCUT2D eigenvalue weighted by Gasteiger charge is -2.30. The molecule has 3 nitrogen and oxygen atoms in total. The second-order valence-electron chi connectivity index (χ2n) is 5.31.